The number of sulfonamides is 1. The van der Waals surface area contributed by atoms with E-state index in [9.17, 15) is 13.2 Å². The first-order valence-electron chi connectivity index (χ1n) is 9.97. The Balaban J connectivity index is 1.51. The van der Waals surface area contributed by atoms with Crippen LogP contribution in [0.25, 0.3) is 0 Å². The molecule has 3 aromatic carbocycles. The SMILES string of the molecule is Cc1ccc(C)c(OCC(=O)Nc2ccc(S(=O)(=O)NCCc3ccccc3)cc2)c1. The van der Waals surface area contributed by atoms with E-state index >= 15 is 0 Å². The number of anilines is 1. The van der Waals surface area contributed by atoms with Crippen LogP contribution in [0.5, 0.6) is 5.75 Å². The largest absolute Gasteiger partial charge is 0.483 e. The van der Waals surface area contributed by atoms with Crippen LogP contribution in [0.15, 0.2) is 77.7 Å². The van der Waals surface area contributed by atoms with Crippen molar-refractivity contribution in [3.05, 3.63) is 89.5 Å². The van der Waals surface area contributed by atoms with E-state index in [0.29, 0.717) is 24.4 Å². The fraction of sp³-hybridized carbons (Fsp3) is 0.208. The highest BCUT2D eigenvalue weighted by molar-refractivity contribution is 7.89. The Morgan fingerprint density at radius 1 is 0.935 bits per heavy atom. The van der Waals surface area contributed by atoms with E-state index in [1.165, 1.54) is 12.1 Å². The van der Waals surface area contributed by atoms with Gasteiger partial charge in [0.15, 0.2) is 6.61 Å². The molecule has 0 spiro atoms. The highest BCUT2D eigenvalue weighted by Crippen LogP contribution is 2.19. The third-order valence-corrected chi connectivity index (χ3v) is 6.18. The first-order valence-corrected chi connectivity index (χ1v) is 11.5. The topological polar surface area (TPSA) is 84.5 Å². The van der Waals surface area contributed by atoms with Crippen molar-refractivity contribution in [3.8, 4) is 5.75 Å². The van der Waals surface area contributed by atoms with Gasteiger partial charge in [-0.3, -0.25) is 4.79 Å². The standard InChI is InChI=1S/C24H26N2O4S/c1-18-8-9-19(2)23(16-18)30-17-24(27)26-21-10-12-22(13-11-21)31(28,29)25-15-14-20-6-4-3-5-7-20/h3-13,16,25H,14-15,17H2,1-2H3,(H,26,27). The summed E-state index contributed by atoms with van der Waals surface area (Å²) in [5.41, 5.74) is 3.56. The summed E-state index contributed by atoms with van der Waals surface area (Å²) in [6.45, 7) is 4.05. The lowest BCUT2D eigenvalue weighted by Crippen LogP contribution is -2.26. The minimum atomic E-state index is -3.62. The Hall–Kier alpha value is -3.16. The fourth-order valence-electron chi connectivity index (χ4n) is 2.98. The number of rotatable bonds is 9. The summed E-state index contributed by atoms with van der Waals surface area (Å²) in [5, 5.41) is 2.71. The molecule has 31 heavy (non-hydrogen) atoms. The summed E-state index contributed by atoms with van der Waals surface area (Å²) in [6, 6.07) is 21.5. The normalized spacial score (nSPS) is 11.2. The average Bonchev–Trinajstić information content (AvgIpc) is 2.75. The molecule has 0 saturated heterocycles. The van der Waals surface area contributed by atoms with E-state index in [1.807, 2.05) is 62.4 Å². The fourth-order valence-corrected chi connectivity index (χ4v) is 4.01. The number of nitrogens with one attached hydrogen (secondary N) is 2. The summed E-state index contributed by atoms with van der Waals surface area (Å²) in [6.07, 6.45) is 0.606. The van der Waals surface area contributed by atoms with Crippen LogP contribution in [-0.4, -0.2) is 27.5 Å². The maximum absolute atomic E-state index is 12.5. The first-order chi connectivity index (χ1) is 14.8. The van der Waals surface area contributed by atoms with Crippen molar-refractivity contribution in [2.45, 2.75) is 25.2 Å². The maximum Gasteiger partial charge on any atom is 0.262 e. The molecular weight excluding hydrogens is 412 g/mol. The maximum atomic E-state index is 12.5. The number of ether oxygens (including phenoxy) is 1. The third-order valence-electron chi connectivity index (χ3n) is 4.70. The van der Waals surface area contributed by atoms with Gasteiger partial charge in [0.1, 0.15) is 5.75 Å². The predicted molar refractivity (Wildman–Crippen MR) is 122 cm³/mol. The Kier molecular flexibility index (Phi) is 7.44. The molecule has 0 atom stereocenters. The van der Waals surface area contributed by atoms with Gasteiger partial charge in [0.25, 0.3) is 5.91 Å². The Morgan fingerprint density at radius 2 is 1.65 bits per heavy atom. The molecule has 0 aliphatic carbocycles. The van der Waals surface area contributed by atoms with Gasteiger partial charge >= 0.3 is 0 Å². The number of benzene rings is 3. The number of carbonyl (C=O) groups excluding carboxylic acids is 1. The van der Waals surface area contributed by atoms with E-state index in [1.54, 1.807) is 12.1 Å². The Labute approximate surface area is 183 Å². The van der Waals surface area contributed by atoms with Crippen molar-refractivity contribution in [1.82, 2.24) is 4.72 Å². The van der Waals surface area contributed by atoms with Crippen molar-refractivity contribution < 1.29 is 17.9 Å². The molecule has 0 saturated carbocycles. The van der Waals surface area contributed by atoms with Crippen molar-refractivity contribution in [1.29, 1.82) is 0 Å². The summed E-state index contributed by atoms with van der Waals surface area (Å²) in [4.78, 5) is 12.3. The molecule has 0 aliphatic heterocycles. The quantitative estimate of drug-likeness (QED) is 0.532. The molecule has 162 valence electrons. The highest BCUT2D eigenvalue weighted by atomic mass is 32.2. The van der Waals surface area contributed by atoms with Gasteiger partial charge in [-0.2, -0.15) is 0 Å². The van der Waals surface area contributed by atoms with Crippen LogP contribution in [0.3, 0.4) is 0 Å². The van der Waals surface area contributed by atoms with Crippen LogP contribution in [0.2, 0.25) is 0 Å². The highest BCUT2D eigenvalue weighted by Gasteiger charge is 2.14. The van der Waals surface area contributed by atoms with Gasteiger partial charge in [-0.25, -0.2) is 13.1 Å². The van der Waals surface area contributed by atoms with Crippen molar-refractivity contribution in [2.75, 3.05) is 18.5 Å². The van der Waals surface area contributed by atoms with Crippen LogP contribution in [0.4, 0.5) is 5.69 Å². The van der Waals surface area contributed by atoms with Gasteiger partial charge in [-0.1, -0.05) is 42.5 Å². The smallest absolute Gasteiger partial charge is 0.262 e. The Morgan fingerprint density at radius 3 is 2.35 bits per heavy atom. The van der Waals surface area contributed by atoms with Crippen molar-refractivity contribution in [2.24, 2.45) is 0 Å². The molecule has 1 amide bonds. The van der Waals surface area contributed by atoms with Crippen LogP contribution in [0, 0.1) is 13.8 Å². The van der Waals surface area contributed by atoms with E-state index in [2.05, 4.69) is 10.0 Å². The molecule has 0 aliphatic rings. The van der Waals surface area contributed by atoms with E-state index in [0.717, 1.165) is 16.7 Å². The van der Waals surface area contributed by atoms with E-state index in [4.69, 9.17) is 4.74 Å². The molecule has 0 heterocycles. The molecule has 0 aromatic heterocycles. The van der Waals surface area contributed by atoms with Gasteiger partial charge in [0, 0.05) is 12.2 Å². The van der Waals surface area contributed by atoms with Gasteiger partial charge in [-0.15, -0.1) is 0 Å². The molecular formula is C24H26N2O4S. The first kappa shape index (κ1) is 22.5. The number of aryl methyl sites for hydroxylation is 2. The number of amides is 1. The van der Waals surface area contributed by atoms with Gasteiger partial charge < -0.3 is 10.1 Å². The second-order valence-electron chi connectivity index (χ2n) is 7.26. The Bertz CT molecular complexity index is 1130. The number of carbonyl (C=O) groups is 1. The summed E-state index contributed by atoms with van der Waals surface area (Å²) < 4.78 is 33.1. The minimum Gasteiger partial charge on any atom is -0.483 e. The summed E-state index contributed by atoms with van der Waals surface area (Å²) >= 11 is 0. The monoisotopic (exact) mass is 438 g/mol. The second-order valence-corrected chi connectivity index (χ2v) is 9.03. The van der Waals surface area contributed by atoms with Gasteiger partial charge in [-0.05, 0) is 67.3 Å². The predicted octanol–water partition coefficient (Wildman–Crippen LogP) is 3.84. The zero-order valence-electron chi connectivity index (χ0n) is 17.6. The second kappa shape index (κ2) is 10.2. The summed E-state index contributed by atoms with van der Waals surface area (Å²) in [7, 11) is -3.62. The van der Waals surface area contributed by atoms with Crippen LogP contribution >= 0.6 is 0 Å². The molecule has 3 aromatic rings. The van der Waals surface area contributed by atoms with Crippen LogP contribution in [-0.2, 0) is 21.2 Å². The van der Waals surface area contributed by atoms with Gasteiger partial charge in [0.2, 0.25) is 10.0 Å². The average molecular weight is 439 g/mol. The van der Waals surface area contributed by atoms with Crippen molar-refractivity contribution in [3.63, 3.8) is 0 Å². The van der Waals surface area contributed by atoms with E-state index < -0.39 is 10.0 Å². The lowest BCUT2D eigenvalue weighted by atomic mass is 10.1. The van der Waals surface area contributed by atoms with E-state index in [-0.39, 0.29) is 17.4 Å². The van der Waals surface area contributed by atoms with Crippen LogP contribution in [0.1, 0.15) is 16.7 Å². The lowest BCUT2D eigenvalue weighted by Gasteiger charge is -2.11. The van der Waals surface area contributed by atoms with Crippen molar-refractivity contribution >= 4 is 21.6 Å². The zero-order chi connectivity index (χ0) is 22.3. The molecule has 0 bridgehead atoms. The number of hydrogen-bond acceptors (Lipinski definition) is 4. The van der Waals surface area contributed by atoms with Crippen LogP contribution < -0.4 is 14.8 Å². The minimum absolute atomic E-state index is 0.134. The molecule has 2 N–H and O–H groups in total. The zero-order valence-corrected chi connectivity index (χ0v) is 18.4. The molecule has 0 unspecified atom stereocenters. The van der Waals surface area contributed by atoms with Gasteiger partial charge in [0.05, 0.1) is 4.90 Å². The molecule has 3 rings (SSSR count). The lowest BCUT2D eigenvalue weighted by molar-refractivity contribution is -0.118. The molecule has 0 radical (unpaired) electrons. The number of hydrogen-bond donors (Lipinski definition) is 2. The molecule has 0 fully saturated rings. The summed E-state index contributed by atoms with van der Waals surface area (Å²) in [5.74, 6) is 0.343. The molecule has 7 heteroatoms. The molecule has 6 nitrogen and oxygen atoms in total. The third kappa shape index (κ3) is 6.67.